The van der Waals surface area contributed by atoms with Gasteiger partial charge in [0, 0.05) is 32.2 Å². The molecule has 74 heavy (non-hydrogen) atoms. The van der Waals surface area contributed by atoms with Gasteiger partial charge in [0.25, 0.3) is 0 Å². The number of carbonyl (C=O) groups is 11. The number of benzene rings is 2. The van der Waals surface area contributed by atoms with Gasteiger partial charge in [-0.25, -0.2) is 4.79 Å². The van der Waals surface area contributed by atoms with Crippen LogP contribution in [0.4, 0.5) is 0 Å². The standard InChI is InChI=1S/C46H65N11O17/c1-22(59)37(55-36(65)20-50-40(67)30(18-24-5-9-26(61)10-6-24)52-41(68)29(14-16-35(49)64)51-39(66)28(47)13-15-34(48)63)44(71)54-32(21-58)45(72)57-17-3-4-33(57)43(70)53-31(19-25-7-11-27(62)12-8-25)42(69)56-38(23(2)60)46(73)74/h5-12,22-23,28-33,37-38,58-62H,3-4,13-21,47H2,1-2H3,(H2,48,63)(H2,49,64)(H,50,67)(H,51,66)(H,52,68)(H,53,70)(H,54,71)(H,55,65)(H,56,69)(H,73,74)/t22-,23-,28+,29+,30+,31+,32+,33+,37+,38+/m1/s1. The molecule has 19 N–H and O–H groups in total. The van der Waals surface area contributed by atoms with Gasteiger partial charge in [0.1, 0.15) is 47.8 Å². The predicted molar refractivity (Wildman–Crippen MR) is 256 cm³/mol. The van der Waals surface area contributed by atoms with Gasteiger partial charge in [-0.2, -0.15) is 0 Å². The number of carboxylic acid groups (broad SMARTS) is 1. The van der Waals surface area contributed by atoms with E-state index in [-0.39, 0.29) is 63.0 Å². The van der Waals surface area contributed by atoms with Crippen LogP contribution in [0.2, 0.25) is 0 Å². The SMILES string of the molecule is C[C@@H](O)[C@H](NC(=O)[C@H](Cc1ccc(O)cc1)NC(=O)[C@@H]1CCCN1C(=O)[C@H](CO)NC(=O)[C@@H](NC(=O)CNC(=O)[C@H](Cc1ccc(O)cc1)NC(=O)[C@H](CCC(N)=O)NC(=O)[C@@H](N)CCC(N)=O)[C@@H](C)O)C(=O)O. The van der Waals surface area contributed by atoms with E-state index in [0.29, 0.717) is 11.1 Å². The molecule has 0 spiro atoms. The lowest BCUT2D eigenvalue weighted by Gasteiger charge is -2.30. The van der Waals surface area contributed by atoms with Crippen molar-refractivity contribution in [3.8, 4) is 11.5 Å². The van der Waals surface area contributed by atoms with Crippen LogP contribution in [-0.4, -0.2) is 181 Å². The molecule has 10 atom stereocenters. The Kier molecular flexibility index (Phi) is 23.6. The summed E-state index contributed by atoms with van der Waals surface area (Å²) < 4.78 is 0. The number of aliphatic hydroxyl groups excluding tert-OH is 3. The molecule has 0 aliphatic carbocycles. The smallest absolute Gasteiger partial charge is 0.328 e. The van der Waals surface area contributed by atoms with Gasteiger partial charge >= 0.3 is 5.97 Å². The van der Waals surface area contributed by atoms with Crippen molar-refractivity contribution in [3.63, 3.8) is 0 Å². The van der Waals surface area contributed by atoms with Gasteiger partial charge in [-0.1, -0.05) is 24.3 Å². The topological polar surface area (TPSA) is 475 Å². The molecule has 1 saturated heterocycles. The molecule has 1 aliphatic rings. The summed E-state index contributed by atoms with van der Waals surface area (Å²) in [5.41, 5.74) is 17.1. The van der Waals surface area contributed by atoms with Crippen LogP contribution in [0.25, 0.3) is 0 Å². The molecule has 0 bridgehead atoms. The van der Waals surface area contributed by atoms with E-state index >= 15 is 0 Å². The maximum Gasteiger partial charge on any atom is 0.328 e. The van der Waals surface area contributed by atoms with Gasteiger partial charge in [-0.3, -0.25) is 47.9 Å². The summed E-state index contributed by atoms with van der Waals surface area (Å²) in [5, 5.41) is 76.0. The molecule has 3 rings (SSSR count). The number of nitrogens with zero attached hydrogens (tertiary/aromatic N) is 1. The van der Waals surface area contributed by atoms with E-state index in [2.05, 4.69) is 37.2 Å². The molecule has 28 heteroatoms. The minimum absolute atomic E-state index is 0.0427. The zero-order valence-electron chi connectivity index (χ0n) is 40.5. The normalized spacial score (nSPS) is 16.7. The van der Waals surface area contributed by atoms with E-state index < -0.39 is 145 Å². The summed E-state index contributed by atoms with van der Waals surface area (Å²) in [6, 6.07) is -1.47. The Balaban J connectivity index is 1.74. The number of aromatic hydroxyl groups is 2. The van der Waals surface area contributed by atoms with Crippen LogP contribution in [0.5, 0.6) is 11.5 Å². The summed E-state index contributed by atoms with van der Waals surface area (Å²) >= 11 is 0. The number of nitrogens with one attached hydrogen (secondary N) is 7. The first-order valence-electron chi connectivity index (χ1n) is 23.3. The highest BCUT2D eigenvalue weighted by atomic mass is 16.4. The molecule has 0 saturated carbocycles. The number of carboxylic acids is 1. The number of carbonyl (C=O) groups excluding carboxylic acids is 10. The van der Waals surface area contributed by atoms with Gasteiger partial charge < -0.3 is 90.0 Å². The van der Waals surface area contributed by atoms with E-state index in [1.807, 2.05) is 0 Å². The molecule has 0 unspecified atom stereocenters. The van der Waals surface area contributed by atoms with Crippen molar-refractivity contribution in [2.24, 2.45) is 17.2 Å². The van der Waals surface area contributed by atoms with Crippen LogP contribution in [0, 0.1) is 0 Å². The van der Waals surface area contributed by atoms with E-state index in [9.17, 15) is 83.4 Å². The van der Waals surface area contributed by atoms with Crippen molar-refractivity contribution in [3.05, 3.63) is 59.7 Å². The fraction of sp³-hybridized carbons (Fsp3) is 0.500. The first-order valence-corrected chi connectivity index (χ1v) is 23.3. The largest absolute Gasteiger partial charge is 0.508 e. The van der Waals surface area contributed by atoms with Crippen molar-refractivity contribution in [1.29, 1.82) is 0 Å². The van der Waals surface area contributed by atoms with Gasteiger partial charge in [-0.15, -0.1) is 0 Å². The van der Waals surface area contributed by atoms with E-state index in [0.717, 1.165) is 18.7 Å². The van der Waals surface area contributed by atoms with Crippen molar-refractivity contribution in [2.45, 2.75) is 126 Å². The molecule has 1 heterocycles. The van der Waals surface area contributed by atoms with Crippen molar-refractivity contribution < 1.29 is 83.4 Å². The molecule has 10 amide bonds. The fourth-order valence-corrected chi connectivity index (χ4v) is 7.47. The number of amides is 10. The molecule has 2 aromatic carbocycles. The zero-order valence-corrected chi connectivity index (χ0v) is 40.5. The minimum Gasteiger partial charge on any atom is -0.508 e. The van der Waals surface area contributed by atoms with Gasteiger partial charge in [0.05, 0.1) is 31.4 Å². The number of aliphatic carboxylic acids is 1. The molecule has 406 valence electrons. The molecular weight excluding hydrogens is 979 g/mol. The summed E-state index contributed by atoms with van der Waals surface area (Å²) in [6.45, 7) is 0.233. The Morgan fingerprint density at radius 3 is 1.61 bits per heavy atom. The minimum atomic E-state index is -1.83. The highest BCUT2D eigenvalue weighted by molar-refractivity contribution is 5.98. The first kappa shape index (κ1) is 60.4. The van der Waals surface area contributed by atoms with E-state index in [4.69, 9.17) is 17.2 Å². The van der Waals surface area contributed by atoms with Gasteiger partial charge in [0.2, 0.25) is 59.1 Å². The second-order valence-electron chi connectivity index (χ2n) is 17.5. The molecule has 1 fully saturated rings. The summed E-state index contributed by atoms with van der Waals surface area (Å²) in [6.07, 6.45) is -4.61. The molecular formula is C46H65N11O17. The van der Waals surface area contributed by atoms with Crippen LogP contribution < -0.4 is 54.4 Å². The highest BCUT2D eigenvalue weighted by Gasteiger charge is 2.40. The number of likely N-dealkylation sites (tertiary alicyclic amines) is 1. The maximum absolute atomic E-state index is 13.9. The molecule has 0 aromatic heterocycles. The molecule has 1 aliphatic heterocycles. The fourth-order valence-electron chi connectivity index (χ4n) is 7.47. The molecule has 0 radical (unpaired) electrons. The molecule has 28 nitrogen and oxygen atoms in total. The maximum atomic E-state index is 13.9. The zero-order chi connectivity index (χ0) is 55.4. The Hall–Kier alpha value is -7.95. The van der Waals surface area contributed by atoms with Crippen LogP contribution >= 0.6 is 0 Å². The van der Waals surface area contributed by atoms with Crippen molar-refractivity contribution in [2.75, 3.05) is 19.7 Å². The Bertz CT molecular complexity index is 2330. The summed E-state index contributed by atoms with van der Waals surface area (Å²) in [4.78, 5) is 143. The lowest BCUT2D eigenvalue weighted by molar-refractivity contribution is -0.146. The Labute approximate surface area is 423 Å². The number of hydrogen-bond donors (Lipinski definition) is 16. The quantitative estimate of drug-likeness (QED) is 0.0360. The lowest BCUT2D eigenvalue weighted by atomic mass is 10.0. The number of primary amides is 2. The van der Waals surface area contributed by atoms with Crippen LogP contribution in [0.15, 0.2) is 48.5 Å². The number of phenols is 2. The Morgan fingerprint density at radius 1 is 0.622 bits per heavy atom. The van der Waals surface area contributed by atoms with Gasteiger partial charge in [-0.05, 0) is 74.9 Å². The average molecular weight is 1040 g/mol. The van der Waals surface area contributed by atoms with Crippen LogP contribution in [0.1, 0.15) is 63.5 Å². The van der Waals surface area contributed by atoms with E-state index in [1.54, 1.807) is 0 Å². The third-order valence-corrected chi connectivity index (χ3v) is 11.6. The van der Waals surface area contributed by atoms with Crippen molar-refractivity contribution in [1.82, 2.24) is 42.1 Å². The van der Waals surface area contributed by atoms with E-state index in [1.165, 1.54) is 48.5 Å². The lowest BCUT2D eigenvalue weighted by Crippen LogP contribution is -2.61. The van der Waals surface area contributed by atoms with Gasteiger partial charge in [0.15, 0.2) is 6.04 Å². The average Bonchev–Trinajstić information content (AvgIpc) is 3.84. The number of rotatable bonds is 29. The first-order chi connectivity index (χ1) is 34.8. The van der Waals surface area contributed by atoms with Crippen LogP contribution in [0.3, 0.4) is 0 Å². The Morgan fingerprint density at radius 2 is 1.11 bits per heavy atom. The second kappa shape index (κ2) is 28.9. The van der Waals surface area contributed by atoms with Crippen molar-refractivity contribution >= 4 is 65.0 Å². The number of aliphatic hydroxyl groups is 3. The predicted octanol–water partition coefficient (Wildman–Crippen LogP) is -6.40. The molecule has 2 aromatic rings. The number of nitrogens with two attached hydrogens (primary N) is 3. The highest BCUT2D eigenvalue weighted by Crippen LogP contribution is 2.20. The monoisotopic (exact) mass is 1040 g/mol. The number of phenolic OH excluding ortho intramolecular Hbond substituents is 2. The van der Waals surface area contributed by atoms with Crippen LogP contribution in [-0.2, 0) is 65.6 Å². The number of hydrogen-bond acceptors (Lipinski definition) is 17. The summed E-state index contributed by atoms with van der Waals surface area (Å²) in [5.74, 6) is -11.4. The summed E-state index contributed by atoms with van der Waals surface area (Å²) in [7, 11) is 0. The third kappa shape index (κ3) is 19.2. The third-order valence-electron chi connectivity index (χ3n) is 11.6. The second-order valence-corrected chi connectivity index (χ2v) is 17.5.